The van der Waals surface area contributed by atoms with Gasteiger partial charge in [0.2, 0.25) is 0 Å². The van der Waals surface area contributed by atoms with Crippen molar-refractivity contribution in [2.75, 3.05) is 13.1 Å². The van der Waals surface area contributed by atoms with Gasteiger partial charge in [-0.25, -0.2) is 0 Å². The van der Waals surface area contributed by atoms with Gasteiger partial charge >= 0.3 is 5.51 Å². The first kappa shape index (κ1) is 18.4. The fraction of sp³-hybridized carbons (Fsp3) is 0.533. The van der Waals surface area contributed by atoms with Crippen molar-refractivity contribution in [3.63, 3.8) is 0 Å². The van der Waals surface area contributed by atoms with E-state index in [9.17, 15) is 18.0 Å². The number of nitrogens with one attached hydrogen (secondary N) is 1. The van der Waals surface area contributed by atoms with E-state index in [2.05, 4.69) is 5.32 Å². The van der Waals surface area contributed by atoms with E-state index in [1.165, 1.54) is 24.3 Å². The monoisotopic (exact) mass is 366 g/mol. The topological polar surface area (TPSA) is 32.3 Å². The Morgan fingerprint density at radius 3 is 2.43 bits per heavy atom. The lowest BCUT2D eigenvalue weighted by Gasteiger charge is -2.28. The maximum atomic E-state index is 12.7. The second-order valence-corrected chi connectivity index (χ2v) is 6.80. The number of thioether (sulfide) groups is 1. The molecule has 2 fully saturated rings. The van der Waals surface area contributed by atoms with Crippen LogP contribution in [0.4, 0.5) is 13.2 Å². The average molecular weight is 367 g/mol. The Morgan fingerprint density at radius 1 is 1.13 bits per heavy atom. The van der Waals surface area contributed by atoms with Crippen LogP contribution in [0.5, 0.6) is 0 Å². The second kappa shape index (κ2) is 7.32. The average Bonchev–Trinajstić information content (AvgIpc) is 2.70. The molecule has 2 aliphatic rings. The molecule has 0 aliphatic carbocycles. The lowest BCUT2D eigenvalue weighted by atomic mass is 10.1. The highest BCUT2D eigenvalue weighted by Gasteiger charge is 2.38. The predicted molar refractivity (Wildman–Crippen MR) is 86.1 cm³/mol. The first-order valence-electron chi connectivity index (χ1n) is 7.33. The molecule has 2 unspecified atom stereocenters. The quantitative estimate of drug-likeness (QED) is 0.810. The summed E-state index contributed by atoms with van der Waals surface area (Å²) in [5.41, 5.74) is -3.84. The van der Waals surface area contributed by atoms with Crippen LogP contribution in [0.1, 0.15) is 29.6 Å². The van der Waals surface area contributed by atoms with Gasteiger partial charge in [0.15, 0.2) is 0 Å². The summed E-state index contributed by atoms with van der Waals surface area (Å²) in [6, 6.07) is 6.16. The summed E-state index contributed by atoms with van der Waals surface area (Å²) in [5.74, 6) is -0.0697. The first-order chi connectivity index (χ1) is 10.4. The molecule has 0 saturated carbocycles. The Bertz CT molecular complexity index is 539. The van der Waals surface area contributed by atoms with Crippen molar-refractivity contribution in [3.05, 3.63) is 29.8 Å². The summed E-state index contributed by atoms with van der Waals surface area (Å²) in [6.07, 6.45) is 2.94. The van der Waals surface area contributed by atoms with Crippen LogP contribution in [0, 0.1) is 0 Å². The zero-order valence-electron chi connectivity index (χ0n) is 12.3. The van der Waals surface area contributed by atoms with Crippen molar-refractivity contribution in [3.8, 4) is 0 Å². The Kier molecular flexibility index (Phi) is 5.86. The second-order valence-electron chi connectivity index (χ2n) is 5.66. The molecule has 1 N–H and O–H groups in total. The van der Waals surface area contributed by atoms with Crippen LogP contribution in [-0.2, 0) is 0 Å². The molecule has 1 amide bonds. The molecule has 3 nitrogen and oxygen atoms in total. The third-order valence-corrected chi connectivity index (χ3v) is 4.96. The fourth-order valence-corrected chi connectivity index (χ4v) is 3.80. The summed E-state index contributed by atoms with van der Waals surface area (Å²) in [5, 5.41) is 3.33. The Morgan fingerprint density at radius 2 is 1.78 bits per heavy atom. The summed E-state index contributed by atoms with van der Waals surface area (Å²) in [6.45, 7) is 1.70. The van der Waals surface area contributed by atoms with Gasteiger partial charge in [0.1, 0.15) is 0 Å². The van der Waals surface area contributed by atoms with E-state index in [1.54, 1.807) is 0 Å². The van der Waals surface area contributed by atoms with Gasteiger partial charge in [-0.3, -0.25) is 4.79 Å². The van der Waals surface area contributed by atoms with Crippen LogP contribution in [0.3, 0.4) is 0 Å². The van der Waals surface area contributed by atoms with Crippen molar-refractivity contribution < 1.29 is 18.0 Å². The van der Waals surface area contributed by atoms with E-state index in [0.29, 0.717) is 5.56 Å². The van der Waals surface area contributed by atoms with Gasteiger partial charge in [-0.2, -0.15) is 13.2 Å². The summed E-state index contributed by atoms with van der Waals surface area (Å²) < 4.78 is 37.0. The van der Waals surface area contributed by atoms with Gasteiger partial charge in [-0.1, -0.05) is 0 Å². The zero-order chi connectivity index (χ0) is 15.7. The maximum Gasteiger partial charge on any atom is 0.446 e. The van der Waals surface area contributed by atoms with Crippen LogP contribution < -0.4 is 5.32 Å². The Labute approximate surface area is 143 Å². The Balaban J connectivity index is 0.00000192. The molecule has 8 heteroatoms. The molecule has 2 bridgehead atoms. The maximum absolute atomic E-state index is 12.7. The molecular weight excluding hydrogens is 349 g/mol. The lowest BCUT2D eigenvalue weighted by molar-refractivity contribution is -0.0328. The molecule has 128 valence electrons. The van der Waals surface area contributed by atoms with E-state index in [-0.39, 0.29) is 47.1 Å². The number of carbonyl (C=O) groups is 1. The van der Waals surface area contributed by atoms with E-state index in [1.807, 2.05) is 4.90 Å². The highest BCUT2D eigenvalue weighted by molar-refractivity contribution is 8.00. The normalized spacial score (nSPS) is 24.0. The van der Waals surface area contributed by atoms with Crippen LogP contribution in [-0.4, -0.2) is 41.5 Å². The van der Waals surface area contributed by atoms with Gasteiger partial charge in [0.25, 0.3) is 5.91 Å². The number of rotatable bonds is 2. The molecular formula is C15H18ClF3N2OS. The third-order valence-electron chi connectivity index (χ3n) is 4.22. The first-order valence-corrected chi connectivity index (χ1v) is 8.15. The molecule has 0 aromatic heterocycles. The molecule has 2 saturated heterocycles. The van der Waals surface area contributed by atoms with Crippen LogP contribution in [0.2, 0.25) is 0 Å². The van der Waals surface area contributed by atoms with E-state index in [4.69, 9.17) is 0 Å². The molecule has 2 heterocycles. The number of benzene rings is 1. The van der Waals surface area contributed by atoms with Crippen molar-refractivity contribution in [2.24, 2.45) is 0 Å². The lowest BCUT2D eigenvalue weighted by Crippen LogP contribution is -2.42. The molecule has 23 heavy (non-hydrogen) atoms. The van der Waals surface area contributed by atoms with Crippen LogP contribution in [0.15, 0.2) is 29.2 Å². The predicted octanol–water partition coefficient (Wildman–Crippen LogP) is 3.69. The molecule has 1 aromatic rings. The van der Waals surface area contributed by atoms with Crippen LogP contribution in [0.25, 0.3) is 0 Å². The number of amides is 1. The number of carbonyl (C=O) groups excluding carboxylic acids is 1. The molecule has 1 aromatic carbocycles. The summed E-state index contributed by atoms with van der Waals surface area (Å²) in [4.78, 5) is 14.7. The largest absolute Gasteiger partial charge is 0.446 e. The number of hydrogen-bond donors (Lipinski definition) is 1. The standard InChI is InChI=1S/C15H17F3N2OS.ClH/c16-15(17,18)22-13-5-1-10(2-6-13)14(21)20-11-3-4-12(20)9-19-8-7-11;/h1-2,5-6,11-12,19H,3-4,7-9H2;1H. The number of hydrogen-bond acceptors (Lipinski definition) is 3. The minimum atomic E-state index is -4.30. The smallest absolute Gasteiger partial charge is 0.331 e. The van der Waals surface area contributed by atoms with Gasteiger partial charge in [0.05, 0.1) is 0 Å². The summed E-state index contributed by atoms with van der Waals surface area (Å²) >= 11 is -0.161. The van der Waals surface area contributed by atoms with Crippen molar-refractivity contribution in [2.45, 2.75) is 41.7 Å². The molecule has 0 radical (unpaired) electrons. The highest BCUT2D eigenvalue weighted by atomic mass is 35.5. The van der Waals surface area contributed by atoms with Crippen molar-refractivity contribution >= 4 is 30.1 Å². The molecule has 2 atom stereocenters. The van der Waals surface area contributed by atoms with Gasteiger partial charge in [-0.05, 0) is 61.8 Å². The van der Waals surface area contributed by atoms with Gasteiger partial charge in [-0.15, -0.1) is 12.4 Å². The number of halogens is 4. The van der Waals surface area contributed by atoms with Gasteiger partial charge in [0, 0.05) is 29.1 Å². The molecule has 2 aliphatic heterocycles. The SMILES string of the molecule is Cl.O=C(c1ccc(SC(F)(F)F)cc1)N1C2CCNCC1CC2. The minimum Gasteiger partial charge on any atom is -0.331 e. The zero-order valence-corrected chi connectivity index (χ0v) is 13.9. The number of fused-ring (bicyclic) bond motifs is 2. The number of alkyl halides is 3. The summed E-state index contributed by atoms with van der Waals surface area (Å²) in [7, 11) is 0. The van der Waals surface area contributed by atoms with Crippen molar-refractivity contribution in [1.82, 2.24) is 10.2 Å². The highest BCUT2D eigenvalue weighted by Crippen LogP contribution is 2.37. The third kappa shape index (κ3) is 4.33. The number of nitrogens with zero attached hydrogens (tertiary/aromatic N) is 1. The van der Waals surface area contributed by atoms with Gasteiger partial charge < -0.3 is 10.2 Å². The minimum absolute atomic E-state index is 0. The molecule has 3 rings (SSSR count). The van der Waals surface area contributed by atoms with Crippen molar-refractivity contribution in [1.29, 1.82) is 0 Å². The van der Waals surface area contributed by atoms with E-state index >= 15 is 0 Å². The molecule has 0 spiro atoms. The van der Waals surface area contributed by atoms with E-state index in [0.717, 1.165) is 32.4 Å². The Hall–Kier alpha value is -0.920. The van der Waals surface area contributed by atoms with Crippen LogP contribution >= 0.6 is 24.2 Å². The van der Waals surface area contributed by atoms with E-state index < -0.39 is 5.51 Å². The fourth-order valence-electron chi connectivity index (χ4n) is 3.26.